The molecule has 0 saturated carbocycles. The molecule has 130 valence electrons. The number of carbonyl (C=O) groups is 1. The van der Waals surface area contributed by atoms with Gasteiger partial charge in [-0.25, -0.2) is 9.37 Å². The van der Waals surface area contributed by atoms with Crippen molar-refractivity contribution in [2.24, 2.45) is 0 Å². The van der Waals surface area contributed by atoms with Gasteiger partial charge in [-0.05, 0) is 37.1 Å². The molecule has 3 rings (SSSR count). The van der Waals surface area contributed by atoms with E-state index < -0.39 is 22.3 Å². The van der Waals surface area contributed by atoms with E-state index in [-0.39, 0.29) is 5.56 Å². The quantitative estimate of drug-likeness (QED) is 0.629. The average Bonchev–Trinajstić information content (AvgIpc) is 3.15. The van der Waals surface area contributed by atoms with Crippen molar-refractivity contribution < 1.29 is 14.1 Å². The monoisotopic (exact) mass is 344 g/mol. The van der Waals surface area contributed by atoms with Gasteiger partial charge in [0.25, 0.3) is 11.6 Å². The molecule has 0 aliphatic carbocycles. The minimum atomic E-state index is -0.759. The van der Waals surface area contributed by atoms with Crippen LogP contribution in [0.2, 0.25) is 0 Å². The molecule has 0 bridgehead atoms. The van der Waals surface area contributed by atoms with Gasteiger partial charge < -0.3 is 9.80 Å². The first kappa shape index (κ1) is 16.8. The van der Waals surface area contributed by atoms with Crippen molar-refractivity contribution in [2.75, 3.05) is 29.9 Å². The first-order valence-electron chi connectivity index (χ1n) is 7.91. The molecule has 1 aliphatic heterocycles. The third-order valence-electron chi connectivity index (χ3n) is 4.22. The van der Waals surface area contributed by atoms with Gasteiger partial charge in [0, 0.05) is 26.3 Å². The third kappa shape index (κ3) is 3.28. The molecule has 2 heterocycles. The van der Waals surface area contributed by atoms with Crippen molar-refractivity contribution >= 4 is 23.1 Å². The van der Waals surface area contributed by atoms with Crippen molar-refractivity contribution in [1.29, 1.82) is 0 Å². The van der Waals surface area contributed by atoms with Crippen molar-refractivity contribution in [2.45, 2.75) is 12.8 Å². The second-order valence-corrected chi connectivity index (χ2v) is 5.82. The molecule has 2 aromatic rings. The highest BCUT2D eigenvalue weighted by atomic mass is 19.1. The second kappa shape index (κ2) is 6.84. The van der Waals surface area contributed by atoms with E-state index in [0.29, 0.717) is 11.5 Å². The molecule has 1 saturated heterocycles. The average molecular weight is 344 g/mol. The SMILES string of the molecule is CN(C(=O)c1ccc(F)cc1[N+](=O)[O-])c1cccnc1N1CCCC1. The van der Waals surface area contributed by atoms with Crippen LogP contribution >= 0.6 is 0 Å². The summed E-state index contributed by atoms with van der Waals surface area (Å²) in [5.74, 6) is -0.675. The number of rotatable bonds is 4. The zero-order chi connectivity index (χ0) is 18.0. The summed E-state index contributed by atoms with van der Waals surface area (Å²) in [5, 5.41) is 11.2. The highest BCUT2D eigenvalue weighted by Gasteiger charge is 2.27. The fraction of sp³-hybridized carbons (Fsp3) is 0.294. The van der Waals surface area contributed by atoms with Gasteiger partial charge in [0.15, 0.2) is 5.82 Å². The lowest BCUT2D eigenvalue weighted by atomic mass is 10.1. The highest BCUT2D eigenvalue weighted by molar-refractivity contribution is 6.09. The Balaban J connectivity index is 1.98. The number of hydrogen-bond acceptors (Lipinski definition) is 5. The number of halogens is 1. The predicted molar refractivity (Wildman–Crippen MR) is 91.5 cm³/mol. The van der Waals surface area contributed by atoms with Crippen LogP contribution in [-0.2, 0) is 0 Å². The van der Waals surface area contributed by atoms with E-state index in [1.165, 1.54) is 11.9 Å². The Labute approximate surface area is 143 Å². The van der Waals surface area contributed by atoms with Crippen molar-refractivity contribution in [3.05, 3.63) is 58.0 Å². The molecule has 0 N–H and O–H groups in total. The molecular formula is C17H17FN4O3. The van der Waals surface area contributed by atoms with E-state index in [0.717, 1.165) is 44.1 Å². The maximum Gasteiger partial charge on any atom is 0.285 e. The molecule has 1 amide bonds. The molecule has 8 heteroatoms. The fourth-order valence-electron chi connectivity index (χ4n) is 2.95. The second-order valence-electron chi connectivity index (χ2n) is 5.82. The van der Waals surface area contributed by atoms with Crippen LogP contribution in [0.1, 0.15) is 23.2 Å². The van der Waals surface area contributed by atoms with E-state index in [1.54, 1.807) is 18.3 Å². The smallest absolute Gasteiger partial charge is 0.285 e. The molecule has 1 aromatic carbocycles. The lowest BCUT2D eigenvalue weighted by Crippen LogP contribution is -2.30. The summed E-state index contributed by atoms with van der Waals surface area (Å²) >= 11 is 0. The Kier molecular flexibility index (Phi) is 4.60. The van der Waals surface area contributed by atoms with Crippen LogP contribution in [0.3, 0.4) is 0 Å². The first-order valence-corrected chi connectivity index (χ1v) is 7.91. The first-order chi connectivity index (χ1) is 12.0. The van der Waals surface area contributed by atoms with Gasteiger partial charge in [-0.1, -0.05) is 0 Å². The number of nitro groups is 1. The molecule has 25 heavy (non-hydrogen) atoms. The largest absolute Gasteiger partial charge is 0.355 e. The van der Waals surface area contributed by atoms with E-state index >= 15 is 0 Å². The van der Waals surface area contributed by atoms with Crippen LogP contribution in [0, 0.1) is 15.9 Å². The fourth-order valence-corrected chi connectivity index (χ4v) is 2.95. The van der Waals surface area contributed by atoms with Crippen LogP contribution in [-0.4, -0.2) is 36.0 Å². The van der Waals surface area contributed by atoms with Gasteiger partial charge in [0.1, 0.15) is 11.4 Å². The van der Waals surface area contributed by atoms with Crippen LogP contribution in [0.25, 0.3) is 0 Å². The van der Waals surface area contributed by atoms with E-state index in [4.69, 9.17) is 0 Å². The van der Waals surface area contributed by atoms with Crippen molar-refractivity contribution in [1.82, 2.24) is 4.98 Å². The number of benzene rings is 1. The van der Waals surface area contributed by atoms with E-state index in [1.807, 2.05) is 0 Å². The summed E-state index contributed by atoms with van der Waals surface area (Å²) in [6.45, 7) is 1.70. The Morgan fingerprint density at radius 3 is 2.72 bits per heavy atom. The molecule has 0 atom stereocenters. The van der Waals surface area contributed by atoms with Gasteiger partial charge in [0.2, 0.25) is 0 Å². The molecule has 7 nitrogen and oxygen atoms in total. The zero-order valence-electron chi connectivity index (χ0n) is 13.7. The zero-order valence-corrected chi connectivity index (χ0v) is 13.7. The summed E-state index contributed by atoms with van der Waals surface area (Å²) in [6, 6.07) is 6.38. The number of anilines is 2. The standard InChI is InChI=1S/C17H17FN4O3/c1-20(14-5-4-8-19-16(14)21-9-2-3-10-21)17(23)13-7-6-12(18)11-15(13)22(24)25/h4-8,11H,2-3,9-10H2,1H3. The minimum absolute atomic E-state index is 0.162. The van der Waals surface area contributed by atoms with Gasteiger partial charge in [-0.3, -0.25) is 14.9 Å². The molecule has 1 aliphatic rings. The Hall–Kier alpha value is -3.03. The number of hydrogen-bond donors (Lipinski definition) is 0. The summed E-state index contributed by atoms with van der Waals surface area (Å²) in [4.78, 5) is 31.0. The molecule has 0 unspecified atom stereocenters. The number of nitrogens with zero attached hydrogens (tertiary/aromatic N) is 4. The van der Waals surface area contributed by atoms with Gasteiger partial charge in [-0.2, -0.15) is 0 Å². The minimum Gasteiger partial charge on any atom is -0.355 e. The van der Waals surface area contributed by atoms with E-state index in [9.17, 15) is 19.3 Å². The number of carbonyl (C=O) groups excluding carboxylic acids is 1. The van der Waals surface area contributed by atoms with E-state index in [2.05, 4.69) is 9.88 Å². The maximum atomic E-state index is 13.3. The maximum absolute atomic E-state index is 13.3. The molecule has 1 aromatic heterocycles. The third-order valence-corrected chi connectivity index (χ3v) is 4.22. The van der Waals surface area contributed by atoms with Gasteiger partial charge >= 0.3 is 0 Å². The van der Waals surface area contributed by atoms with Crippen molar-refractivity contribution in [3.8, 4) is 0 Å². The number of nitro benzene ring substituents is 1. The summed E-state index contributed by atoms with van der Waals surface area (Å²) in [5.41, 5.74) is -0.151. The number of pyridine rings is 1. The Morgan fingerprint density at radius 2 is 2.04 bits per heavy atom. The Bertz CT molecular complexity index is 821. The van der Waals surface area contributed by atoms with Crippen LogP contribution in [0.5, 0.6) is 0 Å². The summed E-state index contributed by atoms with van der Waals surface area (Å²) < 4.78 is 13.3. The van der Waals surface area contributed by atoms with Gasteiger partial charge in [0.05, 0.1) is 16.7 Å². The Morgan fingerprint density at radius 1 is 1.32 bits per heavy atom. The molecule has 0 spiro atoms. The topological polar surface area (TPSA) is 79.6 Å². The number of aromatic nitrogens is 1. The summed E-state index contributed by atoms with van der Waals surface area (Å²) in [7, 11) is 1.53. The molecule has 0 radical (unpaired) electrons. The number of amides is 1. The summed E-state index contributed by atoms with van der Waals surface area (Å²) in [6.07, 6.45) is 3.75. The van der Waals surface area contributed by atoms with Gasteiger partial charge in [-0.15, -0.1) is 0 Å². The lowest BCUT2D eigenvalue weighted by molar-refractivity contribution is -0.385. The molecular weight excluding hydrogens is 327 g/mol. The van der Waals surface area contributed by atoms with Crippen LogP contribution in [0.15, 0.2) is 36.5 Å². The normalized spacial score (nSPS) is 13.8. The van der Waals surface area contributed by atoms with Crippen LogP contribution in [0.4, 0.5) is 21.6 Å². The van der Waals surface area contributed by atoms with Crippen LogP contribution < -0.4 is 9.80 Å². The lowest BCUT2D eigenvalue weighted by Gasteiger charge is -2.25. The molecule has 1 fully saturated rings. The highest BCUT2D eigenvalue weighted by Crippen LogP contribution is 2.31. The predicted octanol–water partition coefficient (Wildman–Crippen LogP) is 3.01. The van der Waals surface area contributed by atoms with Crippen molar-refractivity contribution in [3.63, 3.8) is 0 Å².